The Bertz CT molecular complexity index is 1640. The highest BCUT2D eigenvalue weighted by atomic mass is 31.2. The minimum absolute atomic E-state index is 0.0469. The molecule has 0 aliphatic carbocycles. The average molecular weight is 1060 g/mol. The van der Waals surface area contributed by atoms with E-state index in [1.54, 1.807) is 0 Å². The summed E-state index contributed by atoms with van der Waals surface area (Å²) in [6.07, 6.45) is 82.5. The fourth-order valence-electron chi connectivity index (χ4n) is 7.98. The van der Waals surface area contributed by atoms with Gasteiger partial charge in [-0.3, -0.25) is 18.6 Å². The van der Waals surface area contributed by atoms with Gasteiger partial charge in [0.1, 0.15) is 6.61 Å². The predicted octanol–water partition coefficient (Wildman–Crippen LogP) is 19.2. The predicted molar refractivity (Wildman–Crippen MR) is 321 cm³/mol. The maximum Gasteiger partial charge on any atom is 0.472 e. The molecule has 3 N–H and O–H groups in total. The maximum atomic E-state index is 12.7. The van der Waals surface area contributed by atoms with Crippen LogP contribution in [0.25, 0.3) is 0 Å². The molecule has 0 fully saturated rings. The minimum atomic E-state index is -4.40. The van der Waals surface area contributed by atoms with Gasteiger partial charge in [0, 0.05) is 19.4 Å². The van der Waals surface area contributed by atoms with Crippen molar-refractivity contribution in [2.75, 3.05) is 26.4 Å². The van der Waals surface area contributed by atoms with Gasteiger partial charge in [0.25, 0.3) is 0 Å². The Kier molecular flexibility index (Phi) is 56.8. The van der Waals surface area contributed by atoms with Crippen molar-refractivity contribution < 1.29 is 37.6 Å². The molecule has 0 amide bonds. The van der Waals surface area contributed by atoms with Gasteiger partial charge in [-0.15, -0.1) is 0 Å². The summed E-state index contributed by atoms with van der Waals surface area (Å²) in [5.41, 5.74) is 5.39. The Morgan fingerprint density at radius 2 is 0.693 bits per heavy atom. The first-order valence-corrected chi connectivity index (χ1v) is 31.5. The summed E-state index contributed by atoms with van der Waals surface area (Å²) >= 11 is 0. The number of hydrogen-bond donors (Lipinski definition) is 2. The number of phosphoric ester groups is 1. The van der Waals surface area contributed by atoms with Crippen LogP contribution in [0.5, 0.6) is 0 Å². The molecule has 0 aromatic heterocycles. The van der Waals surface area contributed by atoms with Crippen LogP contribution < -0.4 is 5.73 Å². The third-order valence-corrected chi connectivity index (χ3v) is 13.3. The molecule has 2 unspecified atom stereocenters. The lowest BCUT2D eigenvalue weighted by molar-refractivity contribution is -0.161. The second kappa shape index (κ2) is 59.7. The molecule has 0 saturated carbocycles. The lowest BCUT2D eigenvalue weighted by Gasteiger charge is -2.19. The van der Waals surface area contributed by atoms with E-state index in [-0.39, 0.29) is 38.6 Å². The van der Waals surface area contributed by atoms with Crippen molar-refractivity contribution in [2.24, 2.45) is 5.73 Å². The van der Waals surface area contributed by atoms with Gasteiger partial charge in [0.05, 0.1) is 13.2 Å². The summed E-state index contributed by atoms with van der Waals surface area (Å²) in [4.78, 5) is 35.2. The first kappa shape index (κ1) is 71.4. The number of esters is 2. The summed E-state index contributed by atoms with van der Waals surface area (Å²) in [5.74, 6) is -0.838. The zero-order valence-electron chi connectivity index (χ0n) is 47.7. The Labute approximate surface area is 460 Å². The smallest absolute Gasteiger partial charge is 0.462 e. The van der Waals surface area contributed by atoms with Gasteiger partial charge in [0.15, 0.2) is 6.10 Å². The number of carbonyl (C=O) groups excluding carboxylic acids is 2. The Hall–Kier alpha value is -3.59. The second-order valence-corrected chi connectivity index (χ2v) is 20.9. The van der Waals surface area contributed by atoms with Gasteiger partial charge in [-0.05, 0) is 103 Å². The molecule has 75 heavy (non-hydrogen) atoms. The summed E-state index contributed by atoms with van der Waals surface area (Å²) in [6.45, 7) is 3.51. The molecule has 2 atom stereocenters. The van der Waals surface area contributed by atoms with Gasteiger partial charge in [0.2, 0.25) is 0 Å². The van der Waals surface area contributed by atoms with E-state index in [2.05, 4.69) is 135 Å². The minimum Gasteiger partial charge on any atom is -0.462 e. The van der Waals surface area contributed by atoms with Crippen LogP contribution in [0, 0.1) is 0 Å². The maximum absolute atomic E-state index is 12.7. The normalized spacial score (nSPS) is 13.9. The SMILES string of the molecule is CC/C=C\C/C=C\C/C=C\C/C=C\C/C=C\C/C=C\CCCCCCCCCCCCC(=O)OC(COC(=O)CCCCCCCCCCCCCC/C=C\C/C=C\C/C=C\C/C=C\CC)COP(=O)(O)OCCN. The molecule has 0 aliphatic heterocycles. The largest absolute Gasteiger partial charge is 0.472 e. The van der Waals surface area contributed by atoms with Crippen LogP contribution in [0.1, 0.15) is 245 Å². The van der Waals surface area contributed by atoms with E-state index in [1.165, 1.54) is 103 Å². The van der Waals surface area contributed by atoms with Crippen LogP contribution in [0.4, 0.5) is 0 Å². The fraction of sp³-hybridized carbons (Fsp3) is 0.662. The van der Waals surface area contributed by atoms with Gasteiger partial charge in [-0.1, -0.05) is 251 Å². The molecule has 0 heterocycles. The monoisotopic (exact) mass is 1060 g/mol. The number of phosphoric acid groups is 1. The molecule has 10 heteroatoms. The lowest BCUT2D eigenvalue weighted by Crippen LogP contribution is -2.29. The van der Waals surface area contributed by atoms with Crippen molar-refractivity contribution in [3.05, 3.63) is 122 Å². The average Bonchev–Trinajstić information content (AvgIpc) is 3.40. The van der Waals surface area contributed by atoms with Crippen molar-refractivity contribution in [2.45, 2.75) is 251 Å². The van der Waals surface area contributed by atoms with Gasteiger partial charge >= 0.3 is 19.8 Å². The molecule has 0 spiro atoms. The van der Waals surface area contributed by atoms with Gasteiger partial charge in [-0.25, -0.2) is 4.57 Å². The van der Waals surface area contributed by atoms with Crippen LogP contribution in [0.3, 0.4) is 0 Å². The molecular weight excluding hydrogens is 954 g/mol. The fourth-order valence-corrected chi connectivity index (χ4v) is 8.75. The van der Waals surface area contributed by atoms with Crippen LogP contribution in [-0.4, -0.2) is 49.3 Å². The zero-order valence-corrected chi connectivity index (χ0v) is 48.6. The Morgan fingerprint density at radius 1 is 0.400 bits per heavy atom. The quantitative estimate of drug-likeness (QED) is 0.0264. The molecular formula is C65H110NO8P. The highest BCUT2D eigenvalue weighted by Crippen LogP contribution is 2.43. The van der Waals surface area contributed by atoms with E-state index < -0.39 is 26.5 Å². The lowest BCUT2D eigenvalue weighted by atomic mass is 10.0. The van der Waals surface area contributed by atoms with Gasteiger partial charge in [-0.2, -0.15) is 0 Å². The molecule has 0 aromatic carbocycles. The molecule has 0 aliphatic rings. The van der Waals surface area contributed by atoms with Crippen LogP contribution >= 0.6 is 7.82 Å². The summed E-state index contributed by atoms with van der Waals surface area (Å²) in [5, 5.41) is 0. The third-order valence-electron chi connectivity index (χ3n) is 12.3. The van der Waals surface area contributed by atoms with Crippen LogP contribution in [-0.2, 0) is 32.7 Å². The van der Waals surface area contributed by atoms with Crippen molar-refractivity contribution >= 4 is 19.8 Å². The topological polar surface area (TPSA) is 134 Å². The van der Waals surface area contributed by atoms with E-state index in [0.29, 0.717) is 6.42 Å². The van der Waals surface area contributed by atoms with Crippen molar-refractivity contribution in [3.8, 4) is 0 Å². The molecule has 0 radical (unpaired) electrons. The van der Waals surface area contributed by atoms with Crippen molar-refractivity contribution in [1.82, 2.24) is 0 Å². The standard InChI is InChI=1S/C65H110NO8P/c1-3-5-7-9-11-13-15-17-19-21-23-25-27-29-30-31-32-34-36-38-40-42-44-46-48-50-52-54-56-58-65(68)74-63(62-73-75(69,70)72-60-59-66)61-71-64(67)57-55-53-51-49-47-45-43-41-39-37-35-33-28-26-24-22-20-18-16-14-12-10-8-6-4-2/h5-8,11-14,17-20,23-26,29-30,32,34,63H,3-4,9-10,15-16,21-22,27-28,31,33,35-62,66H2,1-2H3,(H,69,70)/b7-5-,8-6-,13-11-,14-12-,19-17-,20-18-,25-23-,26-24-,30-29-,34-32-. The van der Waals surface area contributed by atoms with Crippen LogP contribution in [0.15, 0.2) is 122 Å². The van der Waals surface area contributed by atoms with Crippen LogP contribution in [0.2, 0.25) is 0 Å². The number of nitrogens with two attached hydrogens (primary N) is 1. The molecule has 428 valence electrons. The summed E-state index contributed by atoms with van der Waals surface area (Å²) < 4.78 is 33.1. The van der Waals surface area contributed by atoms with Crippen molar-refractivity contribution in [1.29, 1.82) is 0 Å². The zero-order chi connectivity index (χ0) is 54.5. The van der Waals surface area contributed by atoms with E-state index in [4.69, 9.17) is 24.3 Å². The van der Waals surface area contributed by atoms with Crippen molar-refractivity contribution in [3.63, 3.8) is 0 Å². The summed E-state index contributed by atoms with van der Waals surface area (Å²) in [6, 6.07) is 0. The molecule has 0 bridgehead atoms. The number of hydrogen-bond acceptors (Lipinski definition) is 8. The number of rotatable bonds is 55. The number of ether oxygens (including phenoxy) is 2. The van der Waals surface area contributed by atoms with E-state index >= 15 is 0 Å². The Morgan fingerprint density at radius 3 is 1.03 bits per heavy atom. The number of allylic oxidation sites excluding steroid dienone is 20. The first-order valence-electron chi connectivity index (χ1n) is 30.0. The van der Waals surface area contributed by atoms with Gasteiger partial charge < -0.3 is 20.1 Å². The second-order valence-electron chi connectivity index (χ2n) is 19.5. The summed E-state index contributed by atoms with van der Waals surface area (Å²) in [7, 11) is -4.40. The number of unbranched alkanes of at least 4 members (excludes halogenated alkanes) is 22. The first-order chi connectivity index (χ1) is 36.8. The number of carbonyl (C=O) groups is 2. The molecule has 9 nitrogen and oxygen atoms in total. The van der Waals surface area contributed by atoms with E-state index in [9.17, 15) is 19.0 Å². The van der Waals surface area contributed by atoms with E-state index in [1.807, 2.05) is 0 Å². The molecule has 0 rings (SSSR count). The third kappa shape index (κ3) is 59.5. The highest BCUT2D eigenvalue weighted by molar-refractivity contribution is 7.47. The highest BCUT2D eigenvalue weighted by Gasteiger charge is 2.26. The molecule has 0 aromatic rings. The Balaban J connectivity index is 4.00. The molecule has 0 saturated heterocycles. The van der Waals surface area contributed by atoms with E-state index in [0.717, 1.165) is 109 Å².